The molecule has 1 aromatic rings. The van der Waals surface area contributed by atoms with Gasteiger partial charge in [0.15, 0.2) is 0 Å². The summed E-state index contributed by atoms with van der Waals surface area (Å²) < 4.78 is 36.6. The Labute approximate surface area is 148 Å². The molecule has 2 rings (SSSR count). The van der Waals surface area contributed by atoms with Gasteiger partial charge in [0.25, 0.3) is 0 Å². The Hall–Kier alpha value is -2.58. The number of amides is 3. The van der Waals surface area contributed by atoms with E-state index in [1.807, 2.05) is 13.8 Å². The van der Waals surface area contributed by atoms with Crippen LogP contribution in [0.4, 0.5) is 18.9 Å². The molecule has 1 heterocycles. The second kappa shape index (κ2) is 7.76. The Kier molecular flexibility index (Phi) is 5.89. The molecule has 0 radical (unpaired) electrons. The molecular weight excluding hydrogens is 351 g/mol. The first-order valence-electron chi connectivity index (χ1n) is 8.12. The molecule has 0 bridgehead atoms. The standard InChI is InChI=1S/C17H20F3N3O3/c1-10(2)23-9-12(7-14(23)24)15(25)22-13-5-3-4-11(6-13)8-21-16(26)17(18,19)20/h3-6,10,12H,7-9H2,1-2H3,(H,21,26)(H,22,25). The Morgan fingerprint density at radius 3 is 2.58 bits per heavy atom. The monoisotopic (exact) mass is 371 g/mol. The number of carbonyl (C=O) groups excluding carboxylic acids is 3. The van der Waals surface area contributed by atoms with Crippen molar-refractivity contribution in [3.8, 4) is 0 Å². The van der Waals surface area contributed by atoms with Gasteiger partial charge < -0.3 is 15.5 Å². The predicted molar refractivity (Wildman–Crippen MR) is 87.9 cm³/mol. The van der Waals surface area contributed by atoms with Crippen LogP contribution in [0.15, 0.2) is 24.3 Å². The van der Waals surface area contributed by atoms with Gasteiger partial charge in [0.05, 0.1) is 5.92 Å². The molecule has 1 atom stereocenters. The SMILES string of the molecule is CC(C)N1CC(C(=O)Nc2cccc(CNC(=O)C(F)(F)F)c2)CC1=O. The maximum absolute atomic E-state index is 12.3. The zero-order valence-electron chi connectivity index (χ0n) is 14.4. The van der Waals surface area contributed by atoms with Gasteiger partial charge in [-0.05, 0) is 31.5 Å². The third-order valence-corrected chi connectivity index (χ3v) is 4.06. The molecule has 6 nitrogen and oxygen atoms in total. The highest BCUT2D eigenvalue weighted by Gasteiger charge is 2.38. The number of alkyl halides is 3. The fourth-order valence-electron chi connectivity index (χ4n) is 2.69. The topological polar surface area (TPSA) is 78.5 Å². The average molecular weight is 371 g/mol. The molecule has 0 saturated carbocycles. The second-order valence-corrected chi connectivity index (χ2v) is 6.41. The number of nitrogens with one attached hydrogen (secondary N) is 2. The third-order valence-electron chi connectivity index (χ3n) is 4.06. The molecule has 0 aromatic heterocycles. The van der Waals surface area contributed by atoms with E-state index in [9.17, 15) is 27.6 Å². The highest BCUT2D eigenvalue weighted by molar-refractivity contribution is 5.97. The van der Waals surface area contributed by atoms with Gasteiger partial charge in [0.1, 0.15) is 0 Å². The summed E-state index contributed by atoms with van der Waals surface area (Å²) in [5.41, 5.74) is 0.802. The molecule has 1 fully saturated rings. The van der Waals surface area contributed by atoms with Crippen molar-refractivity contribution in [2.75, 3.05) is 11.9 Å². The van der Waals surface area contributed by atoms with Crippen LogP contribution in [-0.2, 0) is 20.9 Å². The van der Waals surface area contributed by atoms with Crippen LogP contribution >= 0.6 is 0 Å². The van der Waals surface area contributed by atoms with E-state index in [4.69, 9.17) is 0 Å². The minimum absolute atomic E-state index is 0.0147. The summed E-state index contributed by atoms with van der Waals surface area (Å²) >= 11 is 0. The van der Waals surface area contributed by atoms with Gasteiger partial charge in [-0.1, -0.05) is 12.1 Å². The Bertz CT molecular complexity index is 704. The molecule has 142 valence electrons. The molecule has 1 aliphatic rings. The molecule has 9 heteroatoms. The van der Waals surface area contributed by atoms with Crippen LogP contribution in [-0.4, -0.2) is 41.4 Å². The molecule has 1 aliphatic heterocycles. The van der Waals surface area contributed by atoms with E-state index in [-0.39, 0.29) is 30.8 Å². The first kappa shape index (κ1) is 19.7. The number of anilines is 1. The Balaban J connectivity index is 1.95. The molecule has 2 N–H and O–H groups in total. The molecule has 26 heavy (non-hydrogen) atoms. The largest absolute Gasteiger partial charge is 0.471 e. The molecule has 1 aromatic carbocycles. The minimum Gasteiger partial charge on any atom is -0.344 e. The third kappa shape index (κ3) is 4.96. The first-order valence-corrected chi connectivity index (χ1v) is 8.12. The molecule has 0 spiro atoms. The average Bonchev–Trinajstić information content (AvgIpc) is 2.94. The van der Waals surface area contributed by atoms with E-state index >= 15 is 0 Å². The number of hydrogen-bond donors (Lipinski definition) is 2. The number of benzene rings is 1. The normalized spacial score (nSPS) is 17.5. The summed E-state index contributed by atoms with van der Waals surface area (Å²) in [6, 6.07) is 6.17. The molecule has 3 amide bonds. The van der Waals surface area contributed by atoms with Crippen molar-refractivity contribution in [2.24, 2.45) is 5.92 Å². The fourth-order valence-corrected chi connectivity index (χ4v) is 2.69. The van der Waals surface area contributed by atoms with Crippen LogP contribution < -0.4 is 10.6 Å². The summed E-state index contributed by atoms with van der Waals surface area (Å²) in [6.07, 6.45) is -4.81. The van der Waals surface area contributed by atoms with Crippen LogP contribution in [0.5, 0.6) is 0 Å². The lowest BCUT2D eigenvalue weighted by atomic mass is 10.1. The zero-order chi connectivity index (χ0) is 19.5. The van der Waals surface area contributed by atoms with Crippen molar-refractivity contribution in [3.63, 3.8) is 0 Å². The van der Waals surface area contributed by atoms with Crippen molar-refractivity contribution in [1.82, 2.24) is 10.2 Å². The van der Waals surface area contributed by atoms with Gasteiger partial charge in [-0.25, -0.2) is 0 Å². The highest BCUT2D eigenvalue weighted by Crippen LogP contribution is 2.22. The van der Waals surface area contributed by atoms with Crippen LogP contribution in [0.2, 0.25) is 0 Å². The Morgan fingerprint density at radius 2 is 2.00 bits per heavy atom. The maximum Gasteiger partial charge on any atom is 0.471 e. The second-order valence-electron chi connectivity index (χ2n) is 6.41. The summed E-state index contributed by atoms with van der Waals surface area (Å²) in [5, 5.41) is 4.44. The summed E-state index contributed by atoms with van der Waals surface area (Å²) in [4.78, 5) is 36.7. The summed E-state index contributed by atoms with van der Waals surface area (Å²) in [6.45, 7) is 3.77. The van der Waals surface area contributed by atoms with E-state index in [2.05, 4.69) is 5.32 Å². The van der Waals surface area contributed by atoms with E-state index < -0.39 is 18.0 Å². The number of halogens is 3. The van der Waals surface area contributed by atoms with Crippen molar-refractivity contribution < 1.29 is 27.6 Å². The zero-order valence-corrected chi connectivity index (χ0v) is 14.4. The quantitative estimate of drug-likeness (QED) is 0.832. The van der Waals surface area contributed by atoms with Crippen molar-refractivity contribution in [1.29, 1.82) is 0 Å². The van der Waals surface area contributed by atoms with Crippen LogP contribution in [0.1, 0.15) is 25.8 Å². The number of nitrogens with zero attached hydrogens (tertiary/aromatic N) is 1. The van der Waals surface area contributed by atoms with E-state index in [1.165, 1.54) is 12.1 Å². The van der Waals surface area contributed by atoms with Crippen molar-refractivity contribution >= 4 is 23.4 Å². The van der Waals surface area contributed by atoms with Crippen LogP contribution in [0, 0.1) is 5.92 Å². The number of carbonyl (C=O) groups is 3. The van der Waals surface area contributed by atoms with Crippen molar-refractivity contribution in [3.05, 3.63) is 29.8 Å². The molecule has 1 saturated heterocycles. The van der Waals surface area contributed by atoms with Gasteiger partial charge in [0, 0.05) is 31.2 Å². The fraction of sp³-hybridized carbons (Fsp3) is 0.471. The lowest BCUT2D eigenvalue weighted by molar-refractivity contribution is -0.173. The van der Waals surface area contributed by atoms with E-state index in [0.717, 1.165) is 0 Å². The number of hydrogen-bond acceptors (Lipinski definition) is 3. The van der Waals surface area contributed by atoms with Gasteiger partial charge in [0.2, 0.25) is 11.8 Å². The highest BCUT2D eigenvalue weighted by atomic mass is 19.4. The van der Waals surface area contributed by atoms with Crippen molar-refractivity contribution in [2.45, 2.75) is 39.0 Å². The van der Waals surface area contributed by atoms with Gasteiger partial charge in [-0.3, -0.25) is 14.4 Å². The minimum atomic E-state index is -4.94. The first-order chi connectivity index (χ1) is 12.1. The van der Waals surface area contributed by atoms with Crippen LogP contribution in [0.25, 0.3) is 0 Å². The lowest BCUT2D eigenvalue weighted by Crippen LogP contribution is -2.36. The lowest BCUT2D eigenvalue weighted by Gasteiger charge is -2.20. The summed E-state index contributed by atoms with van der Waals surface area (Å²) in [5.74, 6) is -2.90. The van der Waals surface area contributed by atoms with Gasteiger partial charge >= 0.3 is 12.1 Å². The smallest absolute Gasteiger partial charge is 0.344 e. The van der Waals surface area contributed by atoms with Gasteiger partial charge in [-0.2, -0.15) is 13.2 Å². The van der Waals surface area contributed by atoms with E-state index in [1.54, 1.807) is 22.3 Å². The van der Waals surface area contributed by atoms with Crippen LogP contribution in [0.3, 0.4) is 0 Å². The number of rotatable bonds is 5. The van der Waals surface area contributed by atoms with Gasteiger partial charge in [-0.15, -0.1) is 0 Å². The number of likely N-dealkylation sites (tertiary alicyclic amines) is 1. The summed E-state index contributed by atoms with van der Waals surface area (Å²) in [7, 11) is 0. The molecular formula is C17H20F3N3O3. The van der Waals surface area contributed by atoms with E-state index in [0.29, 0.717) is 17.8 Å². The predicted octanol–water partition coefficient (Wildman–Crippen LogP) is 2.06. The Morgan fingerprint density at radius 1 is 1.31 bits per heavy atom. The molecule has 1 unspecified atom stereocenters. The molecule has 0 aliphatic carbocycles. The maximum atomic E-state index is 12.3.